The SMILES string of the molecule is O=C(CCC(=O)N1CCOc2ccccc21)Nc1ccc(N2CCOCC2)c(F)c1. The molecule has 1 N–H and O–H groups in total. The molecule has 158 valence electrons. The van der Waals surface area contributed by atoms with Gasteiger partial charge in [0, 0.05) is 31.6 Å². The lowest BCUT2D eigenvalue weighted by Crippen LogP contribution is -2.38. The third-order valence-corrected chi connectivity index (χ3v) is 5.18. The summed E-state index contributed by atoms with van der Waals surface area (Å²) in [5.74, 6) is -0.203. The van der Waals surface area contributed by atoms with Crippen LogP contribution in [0, 0.1) is 5.82 Å². The van der Waals surface area contributed by atoms with Crippen LogP contribution in [0.1, 0.15) is 12.8 Å². The third-order valence-electron chi connectivity index (χ3n) is 5.18. The molecular weight excluding hydrogens is 389 g/mol. The zero-order valence-corrected chi connectivity index (χ0v) is 16.6. The number of halogens is 1. The number of amides is 2. The van der Waals surface area contributed by atoms with Crippen LogP contribution >= 0.6 is 0 Å². The van der Waals surface area contributed by atoms with Crippen LogP contribution in [0.5, 0.6) is 5.75 Å². The largest absolute Gasteiger partial charge is 0.490 e. The van der Waals surface area contributed by atoms with Crippen molar-refractivity contribution in [3.8, 4) is 5.75 Å². The van der Waals surface area contributed by atoms with Gasteiger partial charge in [0.1, 0.15) is 18.2 Å². The number of ether oxygens (including phenoxy) is 2. The van der Waals surface area contributed by atoms with E-state index >= 15 is 0 Å². The second-order valence-electron chi connectivity index (χ2n) is 7.18. The van der Waals surface area contributed by atoms with E-state index in [4.69, 9.17) is 9.47 Å². The molecule has 4 rings (SSSR count). The van der Waals surface area contributed by atoms with E-state index in [1.807, 2.05) is 29.2 Å². The highest BCUT2D eigenvalue weighted by Crippen LogP contribution is 2.31. The van der Waals surface area contributed by atoms with Gasteiger partial charge in [-0.1, -0.05) is 12.1 Å². The first kappa shape index (κ1) is 20.2. The van der Waals surface area contributed by atoms with Gasteiger partial charge in [0.25, 0.3) is 0 Å². The molecule has 1 saturated heterocycles. The zero-order chi connectivity index (χ0) is 20.9. The van der Waals surface area contributed by atoms with Gasteiger partial charge < -0.3 is 24.6 Å². The van der Waals surface area contributed by atoms with Gasteiger partial charge in [-0.15, -0.1) is 0 Å². The molecule has 2 aliphatic heterocycles. The Hall–Kier alpha value is -3.13. The lowest BCUT2D eigenvalue weighted by atomic mass is 10.2. The summed E-state index contributed by atoms with van der Waals surface area (Å²) in [5.41, 5.74) is 1.59. The number of rotatable bonds is 5. The molecule has 2 aliphatic rings. The minimum atomic E-state index is -0.393. The van der Waals surface area contributed by atoms with E-state index < -0.39 is 5.82 Å². The predicted molar refractivity (Wildman–Crippen MR) is 112 cm³/mol. The standard InChI is InChI=1S/C22H24FN3O4/c23-17-15-16(5-6-18(17)25-9-12-29-13-10-25)24-21(27)7-8-22(28)26-11-14-30-20-4-2-1-3-19(20)26/h1-6,15H,7-14H2,(H,24,27). The molecule has 0 aromatic heterocycles. The molecule has 0 radical (unpaired) electrons. The molecule has 1 fully saturated rings. The Morgan fingerprint density at radius 1 is 0.967 bits per heavy atom. The van der Waals surface area contributed by atoms with Crippen molar-refractivity contribution in [3.63, 3.8) is 0 Å². The first-order valence-electron chi connectivity index (χ1n) is 10.1. The number of hydrogen-bond acceptors (Lipinski definition) is 5. The van der Waals surface area contributed by atoms with Gasteiger partial charge in [-0.3, -0.25) is 9.59 Å². The van der Waals surface area contributed by atoms with Crippen LogP contribution in [0.15, 0.2) is 42.5 Å². The second-order valence-corrected chi connectivity index (χ2v) is 7.18. The van der Waals surface area contributed by atoms with Gasteiger partial charge in [0.2, 0.25) is 11.8 Å². The fraction of sp³-hybridized carbons (Fsp3) is 0.364. The molecular formula is C22H24FN3O4. The maximum absolute atomic E-state index is 14.5. The predicted octanol–water partition coefficient (Wildman–Crippen LogP) is 2.81. The van der Waals surface area contributed by atoms with Crippen LogP contribution < -0.4 is 19.9 Å². The van der Waals surface area contributed by atoms with Crippen LogP contribution in [-0.4, -0.2) is 51.3 Å². The van der Waals surface area contributed by atoms with Crippen molar-refractivity contribution < 1.29 is 23.5 Å². The Bertz CT molecular complexity index is 930. The molecule has 0 saturated carbocycles. The Balaban J connectivity index is 1.32. The van der Waals surface area contributed by atoms with E-state index in [2.05, 4.69) is 5.32 Å². The van der Waals surface area contributed by atoms with E-state index in [0.29, 0.717) is 56.6 Å². The van der Waals surface area contributed by atoms with E-state index in [1.54, 1.807) is 17.0 Å². The normalized spacial score (nSPS) is 15.9. The van der Waals surface area contributed by atoms with Gasteiger partial charge >= 0.3 is 0 Å². The highest BCUT2D eigenvalue weighted by molar-refractivity contribution is 5.99. The number of anilines is 3. The van der Waals surface area contributed by atoms with E-state index in [1.165, 1.54) is 6.07 Å². The number of nitrogens with zero attached hydrogens (tertiary/aromatic N) is 2. The molecule has 2 heterocycles. The van der Waals surface area contributed by atoms with Crippen LogP contribution in [0.2, 0.25) is 0 Å². The van der Waals surface area contributed by atoms with Crippen LogP contribution in [0.4, 0.5) is 21.5 Å². The van der Waals surface area contributed by atoms with Gasteiger partial charge in [-0.2, -0.15) is 0 Å². The molecule has 0 unspecified atom stereocenters. The number of morpholine rings is 1. The van der Waals surface area contributed by atoms with E-state index in [9.17, 15) is 14.0 Å². The van der Waals surface area contributed by atoms with Crippen molar-refractivity contribution >= 4 is 28.9 Å². The summed E-state index contributed by atoms with van der Waals surface area (Å²) in [7, 11) is 0. The van der Waals surface area contributed by atoms with Crippen LogP contribution in [0.25, 0.3) is 0 Å². The molecule has 0 aliphatic carbocycles. The lowest BCUT2D eigenvalue weighted by molar-refractivity contribution is -0.122. The fourth-order valence-electron chi connectivity index (χ4n) is 3.65. The molecule has 0 bridgehead atoms. The maximum Gasteiger partial charge on any atom is 0.227 e. The van der Waals surface area contributed by atoms with Crippen molar-refractivity contribution in [2.75, 3.05) is 54.6 Å². The van der Waals surface area contributed by atoms with E-state index in [0.717, 1.165) is 5.69 Å². The molecule has 2 amide bonds. The molecule has 0 spiro atoms. The summed E-state index contributed by atoms with van der Waals surface area (Å²) in [6.07, 6.45) is 0.0830. The molecule has 30 heavy (non-hydrogen) atoms. The minimum absolute atomic E-state index is 0.0190. The number of benzene rings is 2. The molecule has 7 nitrogen and oxygen atoms in total. The Morgan fingerprint density at radius 3 is 2.57 bits per heavy atom. The van der Waals surface area contributed by atoms with Gasteiger partial charge in [-0.25, -0.2) is 4.39 Å². The minimum Gasteiger partial charge on any atom is -0.490 e. The number of carbonyl (C=O) groups excluding carboxylic acids is 2. The van der Waals surface area contributed by atoms with Gasteiger partial charge in [-0.05, 0) is 30.3 Å². The first-order valence-corrected chi connectivity index (χ1v) is 10.1. The molecule has 2 aromatic carbocycles. The van der Waals surface area contributed by atoms with E-state index in [-0.39, 0.29) is 24.7 Å². The topological polar surface area (TPSA) is 71.1 Å². The Morgan fingerprint density at radius 2 is 1.77 bits per heavy atom. The highest BCUT2D eigenvalue weighted by atomic mass is 19.1. The fourth-order valence-corrected chi connectivity index (χ4v) is 3.65. The number of carbonyl (C=O) groups is 2. The molecule has 0 atom stereocenters. The summed E-state index contributed by atoms with van der Waals surface area (Å²) < 4.78 is 25.3. The monoisotopic (exact) mass is 413 g/mol. The number of hydrogen-bond donors (Lipinski definition) is 1. The summed E-state index contributed by atoms with van der Waals surface area (Å²) >= 11 is 0. The van der Waals surface area contributed by atoms with Gasteiger partial charge in [0.15, 0.2) is 0 Å². The molecule has 2 aromatic rings. The average molecular weight is 413 g/mol. The highest BCUT2D eigenvalue weighted by Gasteiger charge is 2.23. The van der Waals surface area contributed by atoms with Crippen molar-refractivity contribution in [1.29, 1.82) is 0 Å². The van der Waals surface area contributed by atoms with Crippen LogP contribution in [-0.2, 0) is 14.3 Å². The summed E-state index contributed by atoms with van der Waals surface area (Å²) in [5, 5.41) is 2.67. The van der Waals surface area contributed by atoms with Gasteiger partial charge in [0.05, 0.1) is 31.1 Å². The quantitative estimate of drug-likeness (QED) is 0.816. The first-order chi connectivity index (χ1) is 14.6. The number of fused-ring (bicyclic) bond motifs is 1. The third kappa shape index (κ3) is 4.54. The maximum atomic E-state index is 14.5. The second kappa shape index (κ2) is 9.13. The van der Waals surface area contributed by atoms with Crippen molar-refractivity contribution in [3.05, 3.63) is 48.3 Å². The smallest absolute Gasteiger partial charge is 0.227 e. The molecule has 8 heteroatoms. The van der Waals surface area contributed by atoms with Crippen LogP contribution in [0.3, 0.4) is 0 Å². The lowest BCUT2D eigenvalue weighted by Gasteiger charge is -2.29. The number of para-hydroxylation sites is 2. The number of nitrogens with one attached hydrogen (secondary N) is 1. The summed E-state index contributed by atoms with van der Waals surface area (Å²) in [6, 6.07) is 12.0. The van der Waals surface area contributed by atoms with Crippen molar-refractivity contribution in [2.45, 2.75) is 12.8 Å². The van der Waals surface area contributed by atoms with Crippen molar-refractivity contribution in [2.24, 2.45) is 0 Å². The summed E-state index contributed by atoms with van der Waals surface area (Å²) in [4.78, 5) is 28.5. The Labute approximate surface area is 174 Å². The average Bonchev–Trinajstić information content (AvgIpc) is 2.78. The zero-order valence-electron chi connectivity index (χ0n) is 16.6. The van der Waals surface area contributed by atoms with Crippen molar-refractivity contribution in [1.82, 2.24) is 0 Å². The summed E-state index contributed by atoms with van der Waals surface area (Å²) in [6.45, 7) is 3.28. The Kier molecular flexibility index (Phi) is 6.13.